The molecule has 0 saturated heterocycles. The lowest BCUT2D eigenvalue weighted by Gasteiger charge is -2.12. The molecule has 0 aromatic heterocycles. The van der Waals surface area contributed by atoms with Crippen LogP contribution in [-0.4, -0.2) is 18.4 Å². The molecule has 3 rings (SSSR count). The van der Waals surface area contributed by atoms with Crippen LogP contribution in [0.25, 0.3) is 0 Å². The van der Waals surface area contributed by atoms with Crippen molar-refractivity contribution in [2.75, 3.05) is 12.4 Å². The van der Waals surface area contributed by atoms with Gasteiger partial charge in [-0.3, -0.25) is 0 Å². The fraction of sp³-hybridized carbons (Fsp3) is 0.130. The molecule has 0 bridgehead atoms. The van der Waals surface area contributed by atoms with E-state index in [0.29, 0.717) is 23.2 Å². The largest absolute Gasteiger partial charge is 0.493 e. The van der Waals surface area contributed by atoms with E-state index in [1.165, 1.54) is 5.56 Å². The smallest absolute Gasteiger partial charge is 0.228 e. The third-order valence-electron chi connectivity index (χ3n) is 4.18. The van der Waals surface area contributed by atoms with Gasteiger partial charge in [0.2, 0.25) is 11.3 Å². The normalized spacial score (nSPS) is 10.6. The predicted octanol–water partition coefficient (Wildman–Crippen LogP) is 2.98. The first-order valence-corrected chi connectivity index (χ1v) is 9.62. The average Bonchev–Trinajstić information content (AvgIpc) is 2.74. The minimum absolute atomic E-state index is 0.447. The van der Waals surface area contributed by atoms with E-state index in [2.05, 4.69) is 47.0 Å². The maximum absolute atomic E-state index is 6.07. The van der Waals surface area contributed by atoms with Crippen LogP contribution in [0.4, 0.5) is 5.69 Å². The van der Waals surface area contributed by atoms with Crippen LogP contribution >= 0.6 is 12.2 Å². The van der Waals surface area contributed by atoms with E-state index in [-0.39, 0.29) is 0 Å². The molecule has 0 atom stereocenters. The maximum atomic E-state index is 6.07. The van der Waals surface area contributed by atoms with Crippen molar-refractivity contribution in [3.05, 3.63) is 89.5 Å². The number of methoxy groups -OCH3 is 1. The Balaban J connectivity index is 1.67. The Morgan fingerprint density at radius 3 is 2.48 bits per heavy atom. The Bertz CT molecular complexity index is 973. The van der Waals surface area contributed by atoms with Crippen LogP contribution in [-0.2, 0) is 6.61 Å². The van der Waals surface area contributed by atoms with E-state index in [9.17, 15) is 0 Å². The first kappa shape index (κ1) is 20.4. The fourth-order valence-electron chi connectivity index (χ4n) is 2.66. The summed E-state index contributed by atoms with van der Waals surface area (Å²) in [6.45, 7) is 2.51. The van der Waals surface area contributed by atoms with E-state index in [0.717, 1.165) is 16.8 Å². The molecule has 0 spiro atoms. The van der Waals surface area contributed by atoms with Crippen molar-refractivity contribution in [3.63, 3.8) is 0 Å². The maximum Gasteiger partial charge on any atom is 0.228 e. The van der Waals surface area contributed by atoms with Gasteiger partial charge in [0.25, 0.3) is 0 Å². The van der Waals surface area contributed by atoms with Crippen molar-refractivity contribution in [1.82, 2.24) is 5.43 Å². The molecule has 148 valence electrons. The summed E-state index contributed by atoms with van der Waals surface area (Å²) in [5, 5.41) is 6.56. The molecule has 0 radical (unpaired) electrons. The second-order valence-corrected chi connectivity index (χ2v) is 6.79. The number of thiocarbonyl (C=S) groups is 1. The van der Waals surface area contributed by atoms with Crippen LogP contribution in [0.5, 0.6) is 11.5 Å². The van der Waals surface area contributed by atoms with Crippen LogP contribution in [0.2, 0.25) is 0 Å². The summed E-state index contributed by atoms with van der Waals surface area (Å²) in [5.41, 5.74) is 7.00. The third-order valence-corrected chi connectivity index (χ3v) is 4.38. The highest BCUT2D eigenvalue weighted by atomic mass is 32.1. The summed E-state index contributed by atoms with van der Waals surface area (Å²) in [6.07, 6.45) is 1.78. The van der Waals surface area contributed by atoms with Gasteiger partial charge in [-0.25, -0.2) is 0 Å². The SMILES string of the molecule is COc1cccc(C=[NH+]NC(=S)Nc2ccccc2)c1OCc1ccc(C)cc1. The lowest BCUT2D eigenvalue weighted by atomic mass is 10.1. The Morgan fingerprint density at radius 1 is 1.00 bits per heavy atom. The molecule has 5 nitrogen and oxygen atoms in total. The predicted molar refractivity (Wildman–Crippen MR) is 120 cm³/mol. The number of para-hydroxylation sites is 2. The van der Waals surface area contributed by atoms with Crippen molar-refractivity contribution in [3.8, 4) is 11.5 Å². The summed E-state index contributed by atoms with van der Waals surface area (Å²) in [7, 11) is 1.63. The van der Waals surface area contributed by atoms with Crippen LogP contribution < -0.4 is 25.3 Å². The van der Waals surface area contributed by atoms with Crippen LogP contribution in [0.3, 0.4) is 0 Å². The summed E-state index contributed by atoms with van der Waals surface area (Å²) < 4.78 is 11.5. The minimum Gasteiger partial charge on any atom is -0.493 e. The number of anilines is 1. The lowest BCUT2D eigenvalue weighted by Crippen LogP contribution is -2.82. The Morgan fingerprint density at radius 2 is 1.76 bits per heavy atom. The highest BCUT2D eigenvalue weighted by Gasteiger charge is 2.12. The number of rotatable bonds is 7. The fourth-order valence-corrected chi connectivity index (χ4v) is 2.84. The van der Waals surface area contributed by atoms with Gasteiger partial charge < -0.3 is 14.8 Å². The zero-order valence-corrected chi connectivity index (χ0v) is 17.3. The number of benzene rings is 3. The van der Waals surface area contributed by atoms with Crippen molar-refractivity contribution in [2.45, 2.75) is 13.5 Å². The summed E-state index contributed by atoms with van der Waals surface area (Å²) >= 11 is 5.30. The molecule has 0 unspecified atom stereocenters. The summed E-state index contributed by atoms with van der Waals surface area (Å²) in [5.74, 6) is 1.32. The van der Waals surface area contributed by atoms with Crippen LogP contribution in [0, 0.1) is 6.92 Å². The van der Waals surface area contributed by atoms with Gasteiger partial charge in [-0.15, -0.1) is 10.5 Å². The van der Waals surface area contributed by atoms with Crippen molar-refractivity contribution in [2.24, 2.45) is 0 Å². The van der Waals surface area contributed by atoms with Crippen LogP contribution in [0.1, 0.15) is 16.7 Å². The molecular formula is C23H24N3O2S+. The number of hydrogen-bond donors (Lipinski definition) is 3. The first-order valence-electron chi connectivity index (χ1n) is 9.22. The molecule has 0 aliphatic carbocycles. The number of aryl methyl sites for hydroxylation is 1. The van der Waals surface area contributed by atoms with Gasteiger partial charge in [-0.1, -0.05) is 54.1 Å². The van der Waals surface area contributed by atoms with E-state index < -0.39 is 0 Å². The second kappa shape index (κ2) is 10.2. The molecule has 0 saturated carbocycles. The van der Waals surface area contributed by atoms with Crippen molar-refractivity contribution < 1.29 is 14.6 Å². The molecule has 29 heavy (non-hydrogen) atoms. The lowest BCUT2D eigenvalue weighted by molar-refractivity contribution is -0.499. The third kappa shape index (κ3) is 6.05. The molecule has 0 heterocycles. The Labute approximate surface area is 176 Å². The zero-order chi connectivity index (χ0) is 20.5. The van der Waals surface area contributed by atoms with E-state index in [1.54, 1.807) is 13.3 Å². The molecule has 0 aliphatic rings. The summed E-state index contributed by atoms with van der Waals surface area (Å²) in [4.78, 5) is 0. The molecule has 0 amide bonds. The van der Waals surface area contributed by atoms with Gasteiger partial charge in [0, 0.05) is 5.69 Å². The average molecular weight is 407 g/mol. The molecule has 6 heteroatoms. The van der Waals surface area contributed by atoms with Crippen molar-refractivity contribution >= 4 is 29.2 Å². The minimum atomic E-state index is 0.447. The Hall–Kier alpha value is -3.38. The van der Waals surface area contributed by atoms with Gasteiger partial charge in [-0.2, -0.15) is 0 Å². The quantitative estimate of drug-likeness (QED) is 0.320. The zero-order valence-electron chi connectivity index (χ0n) is 16.4. The van der Waals surface area contributed by atoms with Gasteiger partial charge in [0.05, 0.1) is 12.7 Å². The standard InChI is InChI=1S/C23H23N3O2S/c1-17-11-13-18(14-12-17)16-28-22-19(7-6-10-21(22)27-2)15-24-26-23(29)25-20-8-4-3-5-9-20/h3-15H,16H2,1-2H3,(H2,25,26,29)/p+1. The molecule has 0 aliphatic heterocycles. The van der Waals surface area contributed by atoms with E-state index in [4.69, 9.17) is 21.7 Å². The number of hydrogen-bond acceptors (Lipinski definition) is 3. The highest BCUT2D eigenvalue weighted by Crippen LogP contribution is 2.30. The number of hydrazine groups is 1. The molecule has 3 aromatic rings. The molecular weight excluding hydrogens is 382 g/mol. The highest BCUT2D eigenvalue weighted by molar-refractivity contribution is 7.80. The second-order valence-electron chi connectivity index (χ2n) is 6.39. The summed E-state index contributed by atoms with van der Waals surface area (Å²) in [6, 6.07) is 23.7. The Kier molecular flexibility index (Phi) is 7.19. The van der Waals surface area contributed by atoms with Crippen molar-refractivity contribution in [1.29, 1.82) is 0 Å². The first-order chi connectivity index (χ1) is 14.2. The van der Waals surface area contributed by atoms with Crippen LogP contribution in [0.15, 0.2) is 72.8 Å². The number of nitrogens with one attached hydrogen (secondary N) is 3. The monoisotopic (exact) mass is 406 g/mol. The van der Waals surface area contributed by atoms with Gasteiger partial charge in [0.15, 0.2) is 11.5 Å². The topological polar surface area (TPSA) is 56.5 Å². The van der Waals surface area contributed by atoms with E-state index in [1.807, 2.05) is 48.5 Å². The van der Waals surface area contributed by atoms with E-state index >= 15 is 0 Å². The molecule has 3 N–H and O–H groups in total. The number of hydrazone groups is 1. The van der Waals surface area contributed by atoms with Gasteiger partial charge in [-0.05, 0) is 49.0 Å². The van der Waals surface area contributed by atoms with Gasteiger partial charge >= 0.3 is 0 Å². The number of ether oxygens (including phenoxy) is 2. The molecule has 3 aromatic carbocycles. The molecule has 0 fully saturated rings. The van der Waals surface area contributed by atoms with Gasteiger partial charge in [0.1, 0.15) is 6.61 Å².